The minimum atomic E-state index is -1.13. The predicted octanol–water partition coefficient (Wildman–Crippen LogP) is 6.00. The summed E-state index contributed by atoms with van der Waals surface area (Å²) in [5, 5.41) is 3.77. The molecule has 0 unspecified atom stereocenters. The molecule has 2 saturated carbocycles. The standard InChI is InChI=1S/C28H36FN5OS/c1-19-17-24(32-26(30-19)34-13-9-27(2,29)10-14-34)31-25(35)22-6-5-21(36-20-3-4-20)18-23(22)33-15-11-28(7-8-28)12-16-33/h5-6,17-18,20H,3-4,7-16H2,1-2H3,(H,30,31,32,35). The van der Waals surface area contributed by atoms with Crippen LogP contribution in [0.4, 0.5) is 21.8 Å². The van der Waals surface area contributed by atoms with Crippen LogP contribution in [-0.4, -0.2) is 53.0 Å². The fraction of sp³-hybridized carbons (Fsp3) is 0.607. The van der Waals surface area contributed by atoms with Gasteiger partial charge in [0, 0.05) is 48.1 Å². The van der Waals surface area contributed by atoms with E-state index in [1.807, 2.05) is 29.7 Å². The van der Waals surface area contributed by atoms with Crippen LogP contribution in [0.25, 0.3) is 0 Å². The van der Waals surface area contributed by atoms with E-state index in [0.29, 0.717) is 48.7 Å². The first-order valence-electron chi connectivity index (χ1n) is 13.4. The molecule has 0 radical (unpaired) electrons. The van der Waals surface area contributed by atoms with Crippen molar-refractivity contribution in [3.05, 3.63) is 35.5 Å². The Balaban J connectivity index is 1.22. The second kappa shape index (κ2) is 9.19. The quantitative estimate of drug-likeness (QED) is 0.515. The van der Waals surface area contributed by atoms with Crippen molar-refractivity contribution in [3.8, 4) is 0 Å². The maximum Gasteiger partial charge on any atom is 0.258 e. The minimum absolute atomic E-state index is 0.140. The molecule has 36 heavy (non-hydrogen) atoms. The van der Waals surface area contributed by atoms with E-state index in [-0.39, 0.29) is 5.91 Å². The molecule has 1 N–H and O–H groups in total. The van der Waals surface area contributed by atoms with Crippen LogP contribution in [-0.2, 0) is 0 Å². The minimum Gasteiger partial charge on any atom is -0.371 e. The third-order valence-electron chi connectivity index (χ3n) is 8.34. The summed E-state index contributed by atoms with van der Waals surface area (Å²) in [6.07, 6.45) is 8.64. The third kappa shape index (κ3) is 5.34. The highest BCUT2D eigenvalue weighted by Gasteiger charge is 2.44. The molecule has 0 bridgehead atoms. The lowest BCUT2D eigenvalue weighted by atomic mass is 9.93. The van der Waals surface area contributed by atoms with Crippen molar-refractivity contribution in [3.63, 3.8) is 0 Å². The van der Waals surface area contributed by atoms with Crippen LogP contribution in [0, 0.1) is 12.3 Å². The summed E-state index contributed by atoms with van der Waals surface area (Å²) in [7, 11) is 0. The SMILES string of the molecule is Cc1cc(NC(=O)c2ccc(SC3CC3)cc2N2CCC3(CC2)CC3)nc(N2CCC(C)(F)CC2)n1. The number of nitrogens with one attached hydrogen (secondary N) is 1. The van der Waals surface area contributed by atoms with E-state index >= 15 is 0 Å². The zero-order chi connectivity index (χ0) is 24.9. The molecular weight excluding hydrogens is 473 g/mol. The molecule has 1 amide bonds. The molecule has 6 nitrogen and oxygen atoms in total. The van der Waals surface area contributed by atoms with E-state index in [1.165, 1.54) is 43.4 Å². The first kappa shape index (κ1) is 24.0. The van der Waals surface area contributed by atoms with Crippen molar-refractivity contribution in [1.82, 2.24) is 9.97 Å². The molecule has 4 fully saturated rings. The molecule has 0 atom stereocenters. The number of carbonyl (C=O) groups is 1. The molecule has 2 aromatic rings. The number of aromatic nitrogens is 2. The van der Waals surface area contributed by atoms with Gasteiger partial charge in [-0.05, 0) is 88.8 Å². The van der Waals surface area contributed by atoms with Crippen LogP contribution in [0.5, 0.6) is 0 Å². The Morgan fingerprint density at radius 1 is 1.00 bits per heavy atom. The number of anilines is 3. The van der Waals surface area contributed by atoms with Gasteiger partial charge < -0.3 is 15.1 Å². The Morgan fingerprint density at radius 3 is 2.36 bits per heavy atom. The summed E-state index contributed by atoms with van der Waals surface area (Å²) in [6, 6.07) is 8.10. The number of piperidine rings is 2. The smallest absolute Gasteiger partial charge is 0.258 e. The van der Waals surface area contributed by atoms with Gasteiger partial charge in [-0.15, -0.1) is 11.8 Å². The van der Waals surface area contributed by atoms with Gasteiger partial charge in [0.25, 0.3) is 5.91 Å². The van der Waals surface area contributed by atoms with Gasteiger partial charge in [0.05, 0.1) is 11.3 Å². The number of hydrogen-bond acceptors (Lipinski definition) is 6. The Kier molecular flexibility index (Phi) is 6.13. The molecule has 2 saturated heterocycles. The summed E-state index contributed by atoms with van der Waals surface area (Å²) in [6.45, 7) is 6.73. The van der Waals surface area contributed by atoms with Crippen LogP contribution >= 0.6 is 11.8 Å². The van der Waals surface area contributed by atoms with Gasteiger partial charge in [0.15, 0.2) is 0 Å². The fourth-order valence-electron chi connectivity index (χ4n) is 5.43. The number of alkyl halides is 1. The van der Waals surface area contributed by atoms with Crippen molar-refractivity contribution in [2.75, 3.05) is 41.3 Å². The molecular formula is C28H36FN5OS. The van der Waals surface area contributed by atoms with Gasteiger partial charge in [-0.3, -0.25) is 4.79 Å². The number of amides is 1. The number of halogens is 1. The number of aryl methyl sites for hydroxylation is 1. The molecule has 1 aromatic heterocycles. The monoisotopic (exact) mass is 509 g/mol. The van der Waals surface area contributed by atoms with Crippen LogP contribution < -0.4 is 15.1 Å². The highest BCUT2D eigenvalue weighted by atomic mass is 32.2. The summed E-state index contributed by atoms with van der Waals surface area (Å²) >= 11 is 1.93. The number of thioether (sulfide) groups is 1. The fourth-order valence-corrected chi connectivity index (χ4v) is 6.51. The molecule has 3 heterocycles. The first-order chi connectivity index (χ1) is 17.3. The molecule has 8 heteroatoms. The van der Waals surface area contributed by atoms with E-state index in [4.69, 9.17) is 0 Å². The third-order valence-corrected chi connectivity index (χ3v) is 9.67. The van der Waals surface area contributed by atoms with Crippen molar-refractivity contribution in [1.29, 1.82) is 0 Å². The van der Waals surface area contributed by atoms with E-state index in [0.717, 1.165) is 29.7 Å². The largest absolute Gasteiger partial charge is 0.371 e. The normalized spacial score (nSPS) is 22.5. The summed E-state index contributed by atoms with van der Waals surface area (Å²) in [4.78, 5) is 28.5. The van der Waals surface area contributed by atoms with Crippen molar-refractivity contribution in [2.45, 2.75) is 81.0 Å². The van der Waals surface area contributed by atoms with Gasteiger partial charge in [-0.25, -0.2) is 9.37 Å². The average Bonchev–Trinajstić information content (AvgIpc) is 3.78. The van der Waals surface area contributed by atoms with Crippen LogP contribution in [0.3, 0.4) is 0 Å². The maximum absolute atomic E-state index is 14.3. The van der Waals surface area contributed by atoms with Crippen LogP contribution in [0.2, 0.25) is 0 Å². The number of hydrogen-bond donors (Lipinski definition) is 1. The number of rotatable bonds is 6. The zero-order valence-corrected chi connectivity index (χ0v) is 22.2. The lowest BCUT2D eigenvalue weighted by molar-refractivity contribution is 0.102. The topological polar surface area (TPSA) is 61.4 Å². The highest BCUT2D eigenvalue weighted by molar-refractivity contribution is 8.00. The van der Waals surface area contributed by atoms with Crippen LogP contribution in [0.15, 0.2) is 29.2 Å². The van der Waals surface area contributed by atoms with Crippen molar-refractivity contribution >= 4 is 35.1 Å². The second-order valence-corrected chi connectivity index (χ2v) is 12.9. The zero-order valence-electron chi connectivity index (χ0n) is 21.4. The van der Waals surface area contributed by atoms with E-state index in [2.05, 4.69) is 32.3 Å². The van der Waals surface area contributed by atoms with Crippen LogP contribution in [0.1, 0.15) is 74.3 Å². The lowest BCUT2D eigenvalue weighted by Gasteiger charge is -2.35. The summed E-state index contributed by atoms with van der Waals surface area (Å²) in [5.74, 6) is 0.913. The average molecular weight is 510 g/mol. The number of nitrogens with zero attached hydrogens (tertiary/aromatic N) is 4. The Labute approximate surface area is 217 Å². The maximum atomic E-state index is 14.3. The van der Waals surface area contributed by atoms with Gasteiger partial charge in [0.1, 0.15) is 11.5 Å². The lowest BCUT2D eigenvalue weighted by Crippen LogP contribution is -2.41. The molecule has 2 aliphatic carbocycles. The second-order valence-electron chi connectivity index (χ2n) is 11.5. The number of benzene rings is 1. The summed E-state index contributed by atoms with van der Waals surface area (Å²) < 4.78 is 14.3. The van der Waals surface area contributed by atoms with Crippen molar-refractivity contribution < 1.29 is 9.18 Å². The Morgan fingerprint density at radius 2 is 1.69 bits per heavy atom. The Hall–Kier alpha value is -2.35. The molecule has 1 spiro atoms. The van der Waals surface area contributed by atoms with Crippen molar-refractivity contribution in [2.24, 2.45) is 5.41 Å². The van der Waals surface area contributed by atoms with E-state index in [1.54, 1.807) is 13.0 Å². The van der Waals surface area contributed by atoms with Gasteiger partial charge in [0.2, 0.25) is 5.95 Å². The molecule has 4 aliphatic rings. The van der Waals surface area contributed by atoms with Gasteiger partial charge in [-0.2, -0.15) is 4.98 Å². The van der Waals surface area contributed by atoms with E-state index in [9.17, 15) is 9.18 Å². The van der Waals surface area contributed by atoms with E-state index < -0.39 is 5.67 Å². The van der Waals surface area contributed by atoms with Gasteiger partial charge in [-0.1, -0.05) is 0 Å². The highest BCUT2D eigenvalue weighted by Crippen LogP contribution is 2.54. The number of carbonyl (C=O) groups excluding carboxylic acids is 1. The first-order valence-corrected chi connectivity index (χ1v) is 14.3. The molecule has 192 valence electrons. The summed E-state index contributed by atoms with van der Waals surface area (Å²) in [5.41, 5.74) is 1.97. The Bertz CT molecular complexity index is 1140. The predicted molar refractivity (Wildman–Crippen MR) is 144 cm³/mol. The molecule has 1 aromatic carbocycles. The van der Waals surface area contributed by atoms with Gasteiger partial charge >= 0.3 is 0 Å². The molecule has 2 aliphatic heterocycles. The molecule has 6 rings (SSSR count).